The van der Waals surface area contributed by atoms with Crippen LogP contribution in [-0.2, 0) is 10.2 Å². The SMILES string of the molecule is Cl.[N-]=[N+]=NS(=O)(=O)N=[N+]=[N-]. The summed E-state index contributed by atoms with van der Waals surface area (Å²) in [7, 11) is -4.27. The summed E-state index contributed by atoms with van der Waals surface area (Å²) >= 11 is 0. The Balaban J connectivity index is 0. The molecule has 0 rings (SSSR count). The minimum Gasteiger partial charge on any atom is -0.213 e. The zero-order chi connectivity index (χ0) is 7.33. The van der Waals surface area contributed by atoms with Gasteiger partial charge in [0.1, 0.15) is 0 Å². The fraction of sp³-hybridized carbons (Fsp3) is 0. The molecule has 0 radical (unpaired) electrons. The molecule has 10 heavy (non-hydrogen) atoms. The molecule has 0 saturated carbocycles. The second-order valence-corrected chi connectivity index (χ2v) is 2.01. The van der Waals surface area contributed by atoms with E-state index in [1.54, 1.807) is 0 Å². The van der Waals surface area contributed by atoms with E-state index in [4.69, 9.17) is 11.1 Å². The molecule has 8 nitrogen and oxygen atoms in total. The predicted molar refractivity (Wildman–Crippen MR) is 34.5 cm³/mol. The second-order valence-electron chi connectivity index (χ2n) is 0.790. The van der Waals surface area contributed by atoms with Crippen LogP contribution in [0.15, 0.2) is 9.04 Å². The van der Waals surface area contributed by atoms with Crippen LogP contribution in [0.3, 0.4) is 0 Å². The van der Waals surface area contributed by atoms with Crippen LogP contribution >= 0.6 is 12.4 Å². The van der Waals surface area contributed by atoms with Crippen molar-refractivity contribution in [1.29, 1.82) is 0 Å². The van der Waals surface area contributed by atoms with Crippen LogP contribution in [0.5, 0.6) is 0 Å². The number of halogens is 1. The van der Waals surface area contributed by atoms with Gasteiger partial charge in [-0.05, 0) is 11.1 Å². The third-order valence-electron chi connectivity index (χ3n) is 0.279. The first-order valence-electron chi connectivity index (χ1n) is 1.50. The Morgan fingerprint density at radius 2 is 1.40 bits per heavy atom. The van der Waals surface area contributed by atoms with Crippen molar-refractivity contribution in [2.24, 2.45) is 9.04 Å². The Bertz CT molecular complexity index is 253. The minimum atomic E-state index is -4.27. The molecular formula is HClN6O2S. The van der Waals surface area contributed by atoms with Crippen molar-refractivity contribution in [2.45, 2.75) is 0 Å². The summed E-state index contributed by atoms with van der Waals surface area (Å²) in [5.41, 5.74) is 15.0. The van der Waals surface area contributed by atoms with Gasteiger partial charge < -0.3 is 0 Å². The summed E-state index contributed by atoms with van der Waals surface area (Å²) < 4.78 is 24.3. The van der Waals surface area contributed by atoms with Crippen molar-refractivity contribution in [3.63, 3.8) is 0 Å². The van der Waals surface area contributed by atoms with Crippen molar-refractivity contribution < 1.29 is 8.42 Å². The van der Waals surface area contributed by atoms with Crippen LogP contribution < -0.4 is 0 Å². The summed E-state index contributed by atoms with van der Waals surface area (Å²) in [5.74, 6) is 0. The van der Waals surface area contributed by atoms with Gasteiger partial charge in [-0.25, -0.2) is 8.42 Å². The Morgan fingerprint density at radius 1 is 1.10 bits per heavy atom. The van der Waals surface area contributed by atoms with E-state index in [2.05, 4.69) is 9.04 Å². The Kier molecular flexibility index (Phi) is 5.48. The molecular weight excluding hydrogens is 184 g/mol. The highest BCUT2D eigenvalue weighted by Gasteiger charge is 1.99. The van der Waals surface area contributed by atoms with Crippen LogP contribution in [0.25, 0.3) is 20.9 Å². The quantitative estimate of drug-likeness (QED) is 0.363. The molecule has 0 aliphatic rings. The lowest BCUT2D eigenvalue weighted by Crippen LogP contribution is -1.82. The molecule has 0 aromatic rings. The predicted octanol–water partition coefficient (Wildman–Crippen LogP) is 1.27. The average Bonchev–Trinajstić information content (AvgIpc) is 1.64. The molecule has 0 amide bonds. The number of hydrogen-bond donors (Lipinski definition) is 0. The van der Waals surface area contributed by atoms with E-state index in [1.807, 2.05) is 9.82 Å². The summed E-state index contributed by atoms with van der Waals surface area (Å²) in [6, 6.07) is 0. The molecule has 0 spiro atoms. The molecule has 10 heteroatoms. The smallest absolute Gasteiger partial charge is 0.213 e. The van der Waals surface area contributed by atoms with Crippen LogP contribution in [0, 0.1) is 0 Å². The van der Waals surface area contributed by atoms with Crippen molar-refractivity contribution in [3.05, 3.63) is 20.9 Å². The highest BCUT2D eigenvalue weighted by Crippen LogP contribution is 1.92. The first-order valence-corrected chi connectivity index (χ1v) is 2.90. The van der Waals surface area contributed by atoms with Crippen LogP contribution in [0.4, 0.5) is 0 Å². The molecule has 0 heterocycles. The molecule has 0 bridgehead atoms. The second kappa shape index (κ2) is 4.71. The van der Waals surface area contributed by atoms with Crippen molar-refractivity contribution in [3.8, 4) is 0 Å². The van der Waals surface area contributed by atoms with Gasteiger partial charge >= 0.3 is 10.2 Å². The Labute approximate surface area is 61.7 Å². The third-order valence-corrected chi connectivity index (χ3v) is 0.838. The highest BCUT2D eigenvalue weighted by atomic mass is 35.5. The zero-order valence-electron chi connectivity index (χ0n) is 4.32. The van der Waals surface area contributed by atoms with Crippen molar-refractivity contribution in [2.75, 3.05) is 0 Å². The normalized spacial score (nSPS) is 8.00. The van der Waals surface area contributed by atoms with E-state index in [-0.39, 0.29) is 12.4 Å². The summed E-state index contributed by atoms with van der Waals surface area (Å²) in [5, 5.41) is 0. The number of hydrogen-bond acceptors (Lipinski definition) is 2. The maximum atomic E-state index is 9.99. The summed E-state index contributed by atoms with van der Waals surface area (Å²) in [6.07, 6.45) is 0. The largest absolute Gasteiger partial charge is 0.321 e. The molecule has 0 aliphatic carbocycles. The van der Waals surface area contributed by atoms with Crippen molar-refractivity contribution in [1.82, 2.24) is 0 Å². The van der Waals surface area contributed by atoms with Crippen LogP contribution in [0.1, 0.15) is 0 Å². The van der Waals surface area contributed by atoms with Gasteiger partial charge in [0.05, 0.1) is 0 Å². The topological polar surface area (TPSA) is 132 Å². The molecule has 0 N–H and O–H groups in total. The molecule has 0 aromatic carbocycles. The zero-order valence-corrected chi connectivity index (χ0v) is 5.95. The molecule has 0 fully saturated rings. The van der Waals surface area contributed by atoms with Gasteiger partial charge in [-0.15, -0.1) is 12.4 Å². The molecule has 0 aromatic heterocycles. The van der Waals surface area contributed by atoms with Gasteiger partial charge in [-0.1, -0.05) is 0 Å². The maximum absolute atomic E-state index is 9.99. The van der Waals surface area contributed by atoms with Crippen molar-refractivity contribution >= 4 is 22.6 Å². The monoisotopic (exact) mass is 184 g/mol. The maximum Gasteiger partial charge on any atom is 0.321 e. The van der Waals surface area contributed by atoms with E-state index < -0.39 is 10.2 Å². The van der Waals surface area contributed by atoms with Gasteiger partial charge in [-0.3, -0.25) is 0 Å². The van der Waals surface area contributed by atoms with Gasteiger partial charge in [-0.2, -0.15) is 0 Å². The van der Waals surface area contributed by atoms with E-state index in [1.165, 1.54) is 0 Å². The van der Waals surface area contributed by atoms with E-state index in [9.17, 15) is 8.42 Å². The molecule has 0 atom stereocenters. The molecule has 0 unspecified atom stereocenters. The third kappa shape index (κ3) is 5.01. The number of nitrogens with zero attached hydrogens (tertiary/aromatic N) is 6. The van der Waals surface area contributed by atoms with Crippen LogP contribution in [-0.4, -0.2) is 8.42 Å². The minimum absolute atomic E-state index is 0. The lowest BCUT2D eigenvalue weighted by atomic mass is 13.0. The lowest BCUT2D eigenvalue weighted by molar-refractivity contribution is 0.599. The molecule has 0 saturated heterocycles. The average molecular weight is 185 g/mol. The van der Waals surface area contributed by atoms with Gasteiger partial charge in [0.2, 0.25) is 0 Å². The number of rotatable bonds is 2. The fourth-order valence-electron chi connectivity index (χ4n) is 0.109. The molecule has 0 aliphatic heterocycles. The van der Waals surface area contributed by atoms with E-state index >= 15 is 0 Å². The Morgan fingerprint density at radius 3 is 1.60 bits per heavy atom. The fourth-order valence-corrected chi connectivity index (χ4v) is 0.326. The number of azide groups is 1. The van der Waals surface area contributed by atoms with Gasteiger partial charge in [0.25, 0.3) is 0 Å². The van der Waals surface area contributed by atoms with Gasteiger partial charge in [0.15, 0.2) is 0 Å². The summed E-state index contributed by atoms with van der Waals surface area (Å²) in [6.45, 7) is 0. The van der Waals surface area contributed by atoms with Gasteiger partial charge in [0, 0.05) is 18.9 Å². The first-order chi connectivity index (χ1) is 4.12. The lowest BCUT2D eigenvalue weighted by Gasteiger charge is -1.73. The molecule has 56 valence electrons. The standard InChI is InChI=1S/ClH.N6O2S/c;1-3-5-9(7,8)6-4-2/h1H;. The van der Waals surface area contributed by atoms with E-state index in [0.29, 0.717) is 0 Å². The first kappa shape index (κ1) is 11.6. The van der Waals surface area contributed by atoms with Crippen LogP contribution in [0.2, 0.25) is 0 Å². The summed E-state index contributed by atoms with van der Waals surface area (Å²) in [4.78, 5) is 3.80. The Hall–Kier alpha value is -1.14. The van der Waals surface area contributed by atoms with E-state index in [0.717, 1.165) is 0 Å². The highest BCUT2D eigenvalue weighted by molar-refractivity contribution is 7.88.